The summed E-state index contributed by atoms with van der Waals surface area (Å²) >= 11 is 5.21. The Kier molecular flexibility index (Phi) is 7.05. The van der Waals surface area contributed by atoms with Crippen molar-refractivity contribution in [2.75, 3.05) is 13.1 Å². The molecule has 2 N–H and O–H groups in total. The minimum Gasteiger partial charge on any atom is -0.392 e. The van der Waals surface area contributed by atoms with E-state index < -0.39 is 0 Å². The molecule has 3 heteroatoms. The summed E-state index contributed by atoms with van der Waals surface area (Å²) in [6.07, 6.45) is 9.04. The average molecular weight is 256 g/mol. The molecule has 1 aliphatic rings. The molecule has 0 bridgehead atoms. The second-order valence-electron chi connectivity index (χ2n) is 5.33. The van der Waals surface area contributed by atoms with Crippen molar-refractivity contribution in [1.82, 2.24) is 4.90 Å². The standard InChI is InChI=1S/C14H28N2S/c1-3-5-8-12(4-2)11-16-10-7-6-9-13(16)14(15)17/h12-13H,3-11H2,1-2H3,(H2,15,17). The number of likely N-dealkylation sites (tertiary alicyclic amines) is 1. The predicted molar refractivity (Wildman–Crippen MR) is 79.3 cm³/mol. The Labute approximate surface area is 112 Å². The molecule has 1 fully saturated rings. The minimum absolute atomic E-state index is 0.370. The fraction of sp³-hybridized carbons (Fsp3) is 0.929. The van der Waals surface area contributed by atoms with Crippen molar-refractivity contribution in [3.05, 3.63) is 0 Å². The van der Waals surface area contributed by atoms with Gasteiger partial charge in [-0.2, -0.15) is 0 Å². The highest BCUT2D eigenvalue weighted by molar-refractivity contribution is 7.80. The lowest BCUT2D eigenvalue weighted by molar-refractivity contribution is 0.157. The van der Waals surface area contributed by atoms with Crippen LogP contribution >= 0.6 is 12.2 Å². The van der Waals surface area contributed by atoms with Gasteiger partial charge in [0.25, 0.3) is 0 Å². The predicted octanol–water partition coefficient (Wildman–Crippen LogP) is 3.34. The Morgan fingerprint density at radius 3 is 2.76 bits per heavy atom. The van der Waals surface area contributed by atoms with E-state index in [0.29, 0.717) is 11.0 Å². The summed E-state index contributed by atoms with van der Waals surface area (Å²) in [5.74, 6) is 0.824. The molecule has 1 heterocycles. The van der Waals surface area contributed by atoms with Crippen LogP contribution in [-0.2, 0) is 0 Å². The Morgan fingerprint density at radius 2 is 2.18 bits per heavy atom. The van der Waals surface area contributed by atoms with Gasteiger partial charge in [0.1, 0.15) is 0 Å². The molecule has 1 rings (SSSR count). The quantitative estimate of drug-likeness (QED) is 0.708. The van der Waals surface area contributed by atoms with Crippen LogP contribution in [0.25, 0.3) is 0 Å². The van der Waals surface area contributed by atoms with Gasteiger partial charge in [0, 0.05) is 6.54 Å². The number of nitrogens with two attached hydrogens (primary N) is 1. The normalized spacial score (nSPS) is 23.5. The maximum Gasteiger partial charge on any atom is 0.0902 e. The van der Waals surface area contributed by atoms with Crippen LogP contribution in [0.4, 0.5) is 0 Å². The van der Waals surface area contributed by atoms with Crippen molar-refractivity contribution in [2.45, 2.75) is 64.8 Å². The molecule has 100 valence electrons. The van der Waals surface area contributed by atoms with E-state index in [1.165, 1.54) is 58.0 Å². The van der Waals surface area contributed by atoms with Crippen LogP contribution in [-0.4, -0.2) is 29.0 Å². The molecule has 0 aliphatic carbocycles. The monoisotopic (exact) mass is 256 g/mol. The van der Waals surface area contributed by atoms with Crippen LogP contribution in [0.3, 0.4) is 0 Å². The molecule has 17 heavy (non-hydrogen) atoms. The van der Waals surface area contributed by atoms with E-state index in [9.17, 15) is 0 Å². The van der Waals surface area contributed by atoms with Crippen LogP contribution < -0.4 is 5.73 Å². The molecule has 0 spiro atoms. The second kappa shape index (κ2) is 8.04. The van der Waals surface area contributed by atoms with Gasteiger partial charge < -0.3 is 5.73 Å². The molecule has 2 atom stereocenters. The number of rotatable bonds is 7. The highest BCUT2D eigenvalue weighted by atomic mass is 32.1. The Bertz CT molecular complexity index is 230. The van der Waals surface area contributed by atoms with E-state index in [-0.39, 0.29) is 0 Å². The Balaban J connectivity index is 2.47. The highest BCUT2D eigenvalue weighted by Crippen LogP contribution is 2.22. The Morgan fingerprint density at radius 1 is 1.41 bits per heavy atom. The van der Waals surface area contributed by atoms with Crippen LogP contribution in [0, 0.1) is 5.92 Å². The summed E-state index contributed by atoms with van der Waals surface area (Å²) in [6.45, 7) is 6.95. The van der Waals surface area contributed by atoms with Crippen molar-refractivity contribution < 1.29 is 0 Å². The third kappa shape index (κ3) is 4.92. The summed E-state index contributed by atoms with van der Waals surface area (Å²) in [4.78, 5) is 3.24. The Hall–Kier alpha value is -0.150. The number of nitrogens with zero attached hydrogens (tertiary/aromatic N) is 1. The first-order valence-electron chi connectivity index (χ1n) is 7.22. The first-order chi connectivity index (χ1) is 8.19. The molecular weight excluding hydrogens is 228 g/mol. The second-order valence-corrected chi connectivity index (χ2v) is 5.80. The minimum atomic E-state index is 0.370. The molecule has 0 amide bonds. The van der Waals surface area contributed by atoms with Gasteiger partial charge in [-0.1, -0.05) is 51.7 Å². The van der Waals surface area contributed by atoms with Gasteiger partial charge in [-0.3, -0.25) is 4.90 Å². The zero-order valence-corrected chi connectivity index (χ0v) is 12.3. The van der Waals surface area contributed by atoms with E-state index in [1.807, 2.05) is 0 Å². The maximum absolute atomic E-state index is 5.86. The molecule has 0 saturated carbocycles. The van der Waals surface area contributed by atoms with Crippen molar-refractivity contribution in [3.8, 4) is 0 Å². The van der Waals surface area contributed by atoms with Gasteiger partial charge in [-0.15, -0.1) is 0 Å². The SMILES string of the molecule is CCCCC(CC)CN1CCCCC1C(N)=S. The molecule has 0 radical (unpaired) electrons. The molecule has 2 nitrogen and oxygen atoms in total. The van der Waals surface area contributed by atoms with Gasteiger partial charge in [-0.05, 0) is 31.7 Å². The smallest absolute Gasteiger partial charge is 0.0902 e. The third-order valence-corrected chi connectivity index (χ3v) is 4.25. The summed E-state index contributed by atoms with van der Waals surface area (Å²) in [6, 6.07) is 0.370. The largest absolute Gasteiger partial charge is 0.392 e. The number of piperidine rings is 1. The third-order valence-electron chi connectivity index (χ3n) is 3.98. The molecule has 1 saturated heterocycles. The summed E-state index contributed by atoms with van der Waals surface area (Å²) in [5.41, 5.74) is 5.86. The lowest BCUT2D eigenvalue weighted by atomic mass is 9.95. The number of hydrogen-bond donors (Lipinski definition) is 1. The topological polar surface area (TPSA) is 29.3 Å². The molecule has 0 aromatic rings. The molecule has 2 unspecified atom stereocenters. The maximum atomic E-state index is 5.86. The fourth-order valence-corrected chi connectivity index (χ4v) is 3.05. The van der Waals surface area contributed by atoms with Crippen LogP contribution in [0.5, 0.6) is 0 Å². The van der Waals surface area contributed by atoms with E-state index >= 15 is 0 Å². The first kappa shape index (κ1) is 14.9. The van der Waals surface area contributed by atoms with Gasteiger partial charge in [0.2, 0.25) is 0 Å². The van der Waals surface area contributed by atoms with Crippen LogP contribution in [0.1, 0.15) is 58.8 Å². The number of hydrogen-bond acceptors (Lipinski definition) is 2. The van der Waals surface area contributed by atoms with E-state index in [2.05, 4.69) is 18.7 Å². The fourth-order valence-electron chi connectivity index (χ4n) is 2.78. The van der Waals surface area contributed by atoms with E-state index in [4.69, 9.17) is 18.0 Å². The van der Waals surface area contributed by atoms with Crippen molar-refractivity contribution in [1.29, 1.82) is 0 Å². The number of unbranched alkanes of at least 4 members (excludes halogenated alkanes) is 1. The van der Waals surface area contributed by atoms with Crippen LogP contribution in [0.2, 0.25) is 0 Å². The van der Waals surface area contributed by atoms with Crippen molar-refractivity contribution in [2.24, 2.45) is 11.7 Å². The summed E-state index contributed by atoms with van der Waals surface area (Å²) < 4.78 is 0. The molecule has 0 aromatic heterocycles. The summed E-state index contributed by atoms with van der Waals surface area (Å²) in [7, 11) is 0. The average Bonchev–Trinajstić information content (AvgIpc) is 2.34. The van der Waals surface area contributed by atoms with Gasteiger partial charge in [0.15, 0.2) is 0 Å². The lowest BCUT2D eigenvalue weighted by Crippen LogP contribution is -2.48. The van der Waals surface area contributed by atoms with Crippen LogP contribution in [0.15, 0.2) is 0 Å². The van der Waals surface area contributed by atoms with Crippen molar-refractivity contribution >= 4 is 17.2 Å². The van der Waals surface area contributed by atoms with Gasteiger partial charge in [0.05, 0.1) is 11.0 Å². The number of thiocarbonyl (C=S) groups is 1. The molecule has 0 aromatic carbocycles. The van der Waals surface area contributed by atoms with E-state index in [0.717, 1.165) is 5.92 Å². The first-order valence-corrected chi connectivity index (χ1v) is 7.63. The highest BCUT2D eigenvalue weighted by Gasteiger charge is 2.25. The van der Waals surface area contributed by atoms with Crippen molar-refractivity contribution in [3.63, 3.8) is 0 Å². The zero-order valence-electron chi connectivity index (χ0n) is 11.5. The summed E-state index contributed by atoms with van der Waals surface area (Å²) in [5, 5.41) is 0. The molecule has 1 aliphatic heterocycles. The molecular formula is C14H28N2S. The zero-order chi connectivity index (χ0) is 12.7. The lowest BCUT2D eigenvalue weighted by Gasteiger charge is -2.37. The van der Waals surface area contributed by atoms with E-state index in [1.54, 1.807) is 0 Å². The van der Waals surface area contributed by atoms with Gasteiger partial charge >= 0.3 is 0 Å². The van der Waals surface area contributed by atoms with Gasteiger partial charge in [-0.25, -0.2) is 0 Å².